The molecule has 0 radical (unpaired) electrons. The molecule has 1 aromatic heterocycles. The monoisotopic (exact) mass is 255 g/mol. The van der Waals surface area contributed by atoms with Gasteiger partial charge >= 0.3 is 0 Å². The van der Waals surface area contributed by atoms with E-state index in [4.69, 9.17) is 4.74 Å². The van der Waals surface area contributed by atoms with E-state index in [0.717, 1.165) is 30.3 Å². The van der Waals surface area contributed by atoms with Crippen molar-refractivity contribution in [3.8, 4) is 16.9 Å². The Hall–Kier alpha value is -1.83. The lowest BCUT2D eigenvalue weighted by Gasteiger charge is -2.08. The first-order valence-corrected chi connectivity index (χ1v) is 6.89. The minimum Gasteiger partial charge on any atom is -0.494 e. The SMILES string of the molecule is CC(C)CCCOc1ccc(-c2cccnc2)cc1. The fourth-order valence-corrected chi connectivity index (χ4v) is 1.96. The van der Waals surface area contributed by atoms with Crippen molar-refractivity contribution in [3.05, 3.63) is 48.8 Å². The Labute approximate surface area is 115 Å². The standard InChI is InChI=1S/C17H21NO/c1-14(2)5-4-12-19-17-9-7-15(8-10-17)16-6-3-11-18-13-16/h3,6-11,13-14H,4-5,12H2,1-2H3. The average Bonchev–Trinajstić information content (AvgIpc) is 2.45. The van der Waals surface area contributed by atoms with E-state index in [0.29, 0.717) is 0 Å². The van der Waals surface area contributed by atoms with Crippen LogP contribution in [0.2, 0.25) is 0 Å². The molecule has 0 aliphatic carbocycles. The number of ether oxygens (including phenoxy) is 1. The van der Waals surface area contributed by atoms with Gasteiger partial charge < -0.3 is 4.74 Å². The zero-order chi connectivity index (χ0) is 13.5. The van der Waals surface area contributed by atoms with E-state index >= 15 is 0 Å². The van der Waals surface area contributed by atoms with E-state index in [-0.39, 0.29) is 0 Å². The zero-order valence-electron chi connectivity index (χ0n) is 11.7. The molecule has 0 atom stereocenters. The molecule has 0 spiro atoms. The van der Waals surface area contributed by atoms with Crippen molar-refractivity contribution in [2.24, 2.45) is 5.92 Å². The summed E-state index contributed by atoms with van der Waals surface area (Å²) < 4.78 is 5.73. The van der Waals surface area contributed by atoms with Crippen LogP contribution >= 0.6 is 0 Å². The molecule has 0 aliphatic heterocycles. The summed E-state index contributed by atoms with van der Waals surface area (Å²) in [5.74, 6) is 1.69. The first-order chi connectivity index (χ1) is 9.25. The number of pyridine rings is 1. The molecule has 0 fully saturated rings. The van der Waals surface area contributed by atoms with Crippen LogP contribution in [0.4, 0.5) is 0 Å². The van der Waals surface area contributed by atoms with Gasteiger partial charge in [0.25, 0.3) is 0 Å². The maximum atomic E-state index is 5.73. The third-order valence-electron chi connectivity index (χ3n) is 3.04. The van der Waals surface area contributed by atoms with Crippen molar-refractivity contribution < 1.29 is 4.74 Å². The van der Waals surface area contributed by atoms with Crippen LogP contribution in [0.5, 0.6) is 5.75 Å². The van der Waals surface area contributed by atoms with E-state index in [9.17, 15) is 0 Å². The van der Waals surface area contributed by atoms with Crippen molar-refractivity contribution in [1.29, 1.82) is 0 Å². The summed E-state index contributed by atoms with van der Waals surface area (Å²) in [7, 11) is 0. The van der Waals surface area contributed by atoms with Crippen LogP contribution in [-0.2, 0) is 0 Å². The molecule has 2 nitrogen and oxygen atoms in total. The fraction of sp³-hybridized carbons (Fsp3) is 0.353. The summed E-state index contributed by atoms with van der Waals surface area (Å²) in [4.78, 5) is 4.13. The third-order valence-corrected chi connectivity index (χ3v) is 3.04. The Kier molecular flexibility index (Phi) is 4.96. The molecule has 2 aromatic rings. The molecular formula is C17H21NO. The molecule has 19 heavy (non-hydrogen) atoms. The second-order valence-electron chi connectivity index (χ2n) is 5.15. The molecule has 2 heteroatoms. The maximum Gasteiger partial charge on any atom is 0.119 e. The number of hydrogen-bond acceptors (Lipinski definition) is 2. The molecule has 0 saturated carbocycles. The summed E-state index contributed by atoms with van der Waals surface area (Å²) in [5.41, 5.74) is 2.30. The van der Waals surface area contributed by atoms with Crippen molar-refractivity contribution >= 4 is 0 Å². The zero-order valence-corrected chi connectivity index (χ0v) is 11.7. The fourth-order valence-electron chi connectivity index (χ4n) is 1.96. The van der Waals surface area contributed by atoms with E-state index < -0.39 is 0 Å². The van der Waals surface area contributed by atoms with Crippen LogP contribution < -0.4 is 4.74 Å². The predicted molar refractivity (Wildman–Crippen MR) is 79.2 cm³/mol. The molecule has 0 amide bonds. The Balaban J connectivity index is 1.88. The van der Waals surface area contributed by atoms with Gasteiger partial charge in [-0.05, 0) is 48.1 Å². The molecule has 1 heterocycles. The lowest BCUT2D eigenvalue weighted by atomic mass is 10.1. The van der Waals surface area contributed by atoms with Crippen molar-refractivity contribution in [2.75, 3.05) is 6.61 Å². The summed E-state index contributed by atoms with van der Waals surface area (Å²) in [6.45, 7) is 5.27. The summed E-state index contributed by atoms with van der Waals surface area (Å²) in [6.07, 6.45) is 5.99. The van der Waals surface area contributed by atoms with Gasteiger partial charge in [0.1, 0.15) is 5.75 Å². The highest BCUT2D eigenvalue weighted by Crippen LogP contribution is 2.21. The summed E-state index contributed by atoms with van der Waals surface area (Å²) >= 11 is 0. The largest absolute Gasteiger partial charge is 0.494 e. The normalized spacial score (nSPS) is 10.7. The smallest absolute Gasteiger partial charge is 0.119 e. The van der Waals surface area contributed by atoms with Gasteiger partial charge in [0.15, 0.2) is 0 Å². The van der Waals surface area contributed by atoms with Crippen LogP contribution in [0, 0.1) is 5.92 Å². The molecule has 0 bridgehead atoms. The number of hydrogen-bond donors (Lipinski definition) is 0. The number of benzene rings is 1. The van der Waals surface area contributed by atoms with Crippen LogP contribution in [0.15, 0.2) is 48.8 Å². The second kappa shape index (κ2) is 6.93. The van der Waals surface area contributed by atoms with E-state index in [2.05, 4.69) is 37.0 Å². The lowest BCUT2D eigenvalue weighted by molar-refractivity contribution is 0.298. The van der Waals surface area contributed by atoms with Gasteiger partial charge in [0.05, 0.1) is 6.61 Å². The Morgan fingerprint density at radius 3 is 2.47 bits per heavy atom. The van der Waals surface area contributed by atoms with Crippen molar-refractivity contribution in [3.63, 3.8) is 0 Å². The molecule has 0 N–H and O–H groups in total. The lowest BCUT2D eigenvalue weighted by Crippen LogP contribution is -1.99. The number of aromatic nitrogens is 1. The molecule has 2 rings (SSSR count). The molecular weight excluding hydrogens is 234 g/mol. The Morgan fingerprint density at radius 2 is 1.84 bits per heavy atom. The molecule has 0 unspecified atom stereocenters. The Bertz CT molecular complexity index is 476. The maximum absolute atomic E-state index is 5.73. The van der Waals surface area contributed by atoms with Crippen LogP contribution in [0.25, 0.3) is 11.1 Å². The van der Waals surface area contributed by atoms with Crippen LogP contribution in [-0.4, -0.2) is 11.6 Å². The quantitative estimate of drug-likeness (QED) is 0.706. The first-order valence-electron chi connectivity index (χ1n) is 6.89. The highest BCUT2D eigenvalue weighted by Gasteiger charge is 1.99. The number of nitrogens with zero attached hydrogens (tertiary/aromatic N) is 1. The van der Waals surface area contributed by atoms with Gasteiger partial charge in [-0.2, -0.15) is 0 Å². The summed E-state index contributed by atoms with van der Waals surface area (Å²) in [5, 5.41) is 0. The average molecular weight is 255 g/mol. The van der Waals surface area contributed by atoms with E-state index in [1.807, 2.05) is 24.4 Å². The first kappa shape index (κ1) is 13.6. The van der Waals surface area contributed by atoms with Gasteiger partial charge in [0, 0.05) is 12.4 Å². The van der Waals surface area contributed by atoms with Gasteiger partial charge in [0.2, 0.25) is 0 Å². The number of rotatable bonds is 6. The van der Waals surface area contributed by atoms with Gasteiger partial charge in [-0.1, -0.05) is 32.0 Å². The van der Waals surface area contributed by atoms with E-state index in [1.54, 1.807) is 6.20 Å². The third kappa shape index (κ3) is 4.40. The molecule has 0 aliphatic rings. The van der Waals surface area contributed by atoms with Gasteiger partial charge in [-0.25, -0.2) is 0 Å². The minimum atomic E-state index is 0.747. The Morgan fingerprint density at radius 1 is 1.05 bits per heavy atom. The van der Waals surface area contributed by atoms with Gasteiger partial charge in [-0.15, -0.1) is 0 Å². The highest BCUT2D eigenvalue weighted by atomic mass is 16.5. The molecule has 1 aromatic carbocycles. The predicted octanol–water partition coefficient (Wildman–Crippen LogP) is 4.56. The van der Waals surface area contributed by atoms with Crippen LogP contribution in [0.3, 0.4) is 0 Å². The van der Waals surface area contributed by atoms with Crippen molar-refractivity contribution in [2.45, 2.75) is 26.7 Å². The molecule has 100 valence electrons. The topological polar surface area (TPSA) is 22.1 Å². The van der Waals surface area contributed by atoms with Crippen molar-refractivity contribution in [1.82, 2.24) is 4.98 Å². The molecule has 0 saturated heterocycles. The highest BCUT2D eigenvalue weighted by molar-refractivity contribution is 5.62. The minimum absolute atomic E-state index is 0.747. The van der Waals surface area contributed by atoms with E-state index in [1.165, 1.54) is 12.0 Å². The van der Waals surface area contributed by atoms with Gasteiger partial charge in [-0.3, -0.25) is 4.98 Å². The second-order valence-corrected chi connectivity index (χ2v) is 5.15. The van der Waals surface area contributed by atoms with Crippen LogP contribution in [0.1, 0.15) is 26.7 Å². The summed E-state index contributed by atoms with van der Waals surface area (Å²) in [6, 6.07) is 12.2.